The van der Waals surface area contributed by atoms with Crippen LogP contribution in [0.1, 0.15) is 37.8 Å². The summed E-state index contributed by atoms with van der Waals surface area (Å²) in [7, 11) is -4.10. The van der Waals surface area contributed by atoms with Crippen LogP contribution in [-0.4, -0.2) is 45.1 Å². The number of ether oxygens (including phenoxy) is 2. The maximum Gasteiger partial charge on any atom is 0.407 e. The number of carbonyl (C=O) groups is 1. The van der Waals surface area contributed by atoms with Gasteiger partial charge >= 0.3 is 6.09 Å². The minimum atomic E-state index is -4.10. The molecule has 0 saturated carbocycles. The van der Waals surface area contributed by atoms with Gasteiger partial charge in [0.05, 0.1) is 24.0 Å². The van der Waals surface area contributed by atoms with Crippen molar-refractivity contribution in [2.75, 3.05) is 19.0 Å². The molecule has 0 unspecified atom stereocenters. The Morgan fingerprint density at radius 3 is 2.22 bits per heavy atom. The molecule has 170 valence electrons. The van der Waals surface area contributed by atoms with E-state index in [9.17, 15) is 13.2 Å². The Morgan fingerprint density at radius 1 is 1.12 bits per heavy atom. The summed E-state index contributed by atoms with van der Waals surface area (Å²) < 4.78 is 37.7. The topological polar surface area (TPSA) is 130 Å². The summed E-state index contributed by atoms with van der Waals surface area (Å²) in [5.41, 5.74) is 12.3. The molecule has 0 bridgehead atoms. The third kappa shape index (κ3) is 6.00. The predicted octanol–water partition coefficient (Wildman–Crippen LogP) is 4.35. The molecule has 32 heavy (non-hydrogen) atoms. The van der Waals surface area contributed by atoms with Crippen LogP contribution >= 0.6 is 0 Å². The van der Waals surface area contributed by atoms with Crippen molar-refractivity contribution in [3.05, 3.63) is 70.1 Å². The molecule has 1 amide bonds. The first-order valence-electron chi connectivity index (χ1n) is 10.1. The van der Waals surface area contributed by atoms with Crippen LogP contribution in [0.15, 0.2) is 53.1 Å². The summed E-state index contributed by atoms with van der Waals surface area (Å²) in [5.74, 6) is -0.721. The van der Waals surface area contributed by atoms with Gasteiger partial charge in [-0.2, -0.15) is 0 Å². The Balaban J connectivity index is 1.69. The largest absolute Gasteiger partial charge is 0.449 e. The van der Waals surface area contributed by atoms with Crippen molar-refractivity contribution in [1.29, 1.82) is 0 Å². The lowest BCUT2D eigenvalue weighted by Gasteiger charge is -2.24. The zero-order valence-electron chi connectivity index (χ0n) is 18.2. The normalized spacial score (nSPS) is 14.1. The highest BCUT2D eigenvalue weighted by Gasteiger charge is 2.30. The third-order valence-electron chi connectivity index (χ3n) is 4.96. The van der Waals surface area contributed by atoms with E-state index in [0.717, 1.165) is 22.3 Å². The van der Waals surface area contributed by atoms with E-state index in [4.69, 9.17) is 15.0 Å². The van der Waals surface area contributed by atoms with Crippen LogP contribution in [0.3, 0.4) is 0 Å². The van der Waals surface area contributed by atoms with Gasteiger partial charge < -0.3 is 14.8 Å². The van der Waals surface area contributed by atoms with Gasteiger partial charge in [0.2, 0.25) is 10.0 Å². The highest BCUT2D eigenvalue weighted by atomic mass is 32.2. The standard InChI is InChI=1S/C22H26N4O5S/c1-22(2,3)31-12-15(14-32(28,29)26-25-23)24-21(27)30-13-20-18-10-6-4-8-16(18)17-9-5-7-11-19(17)20/h4-11,15,20H,12-14H2,1-3H3,(H,24,27)/t15-/m0/s1. The maximum atomic E-state index is 12.5. The van der Waals surface area contributed by atoms with Gasteiger partial charge in [-0.05, 0) is 48.6 Å². The number of fused-ring (bicyclic) bond motifs is 3. The molecule has 2 aromatic carbocycles. The van der Waals surface area contributed by atoms with Crippen LogP contribution in [-0.2, 0) is 19.5 Å². The van der Waals surface area contributed by atoms with E-state index in [1.165, 1.54) is 0 Å². The lowest BCUT2D eigenvalue weighted by atomic mass is 9.98. The molecule has 1 atom stereocenters. The van der Waals surface area contributed by atoms with Crippen molar-refractivity contribution in [3.63, 3.8) is 0 Å². The molecule has 0 fully saturated rings. The highest BCUT2D eigenvalue weighted by Crippen LogP contribution is 2.44. The quantitative estimate of drug-likeness (QED) is 0.357. The second kappa shape index (κ2) is 9.60. The van der Waals surface area contributed by atoms with E-state index in [2.05, 4.69) is 14.7 Å². The van der Waals surface area contributed by atoms with Gasteiger partial charge in [0, 0.05) is 15.3 Å². The summed E-state index contributed by atoms with van der Waals surface area (Å²) in [6.07, 6.45) is -0.773. The number of hydrogen-bond acceptors (Lipinski definition) is 5. The Kier molecular flexibility index (Phi) is 7.08. The molecule has 0 aliphatic heterocycles. The van der Waals surface area contributed by atoms with Gasteiger partial charge in [-0.15, -0.1) is 0 Å². The fourth-order valence-electron chi connectivity index (χ4n) is 3.63. The summed E-state index contributed by atoms with van der Waals surface area (Å²) >= 11 is 0. The average molecular weight is 459 g/mol. The van der Waals surface area contributed by atoms with E-state index in [1.807, 2.05) is 48.5 Å². The van der Waals surface area contributed by atoms with E-state index in [1.54, 1.807) is 20.8 Å². The second-order valence-corrected chi connectivity index (χ2v) is 10.2. The summed E-state index contributed by atoms with van der Waals surface area (Å²) in [5, 5.41) is 2.53. The summed E-state index contributed by atoms with van der Waals surface area (Å²) in [6, 6.07) is 15.0. The average Bonchev–Trinajstić information content (AvgIpc) is 3.03. The SMILES string of the molecule is CC(C)(C)OC[C@@H](CS(=O)(=O)N=[N+]=[N-])NC(=O)OCC1c2ccccc2-c2ccccc21. The van der Waals surface area contributed by atoms with Gasteiger partial charge in [-0.1, -0.05) is 48.5 Å². The number of azide groups is 1. The van der Waals surface area contributed by atoms with Crippen LogP contribution < -0.4 is 5.32 Å². The molecule has 0 heterocycles. The van der Waals surface area contributed by atoms with Crippen molar-refractivity contribution in [1.82, 2.24) is 5.32 Å². The number of carbonyl (C=O) groups excluding carboxylic acids is 1. The number of benzene rings is 2. The van der Waals surface area contributed by atoms with Crippen molar-refractivity contribution < 1.29 is 22.7 Å². The molecule has 1 aliphatic carbocycles. The number of sulfonamides is 1. The van der Waals surface area contributed by atoms with Crippen molar-refractivity contribution in [2.24, 2.45) is 4.52 Å². The molecule has 1 N–H and O–H groups in total. The molecule has 0 spiro atoms. The number of alkyl carbamates (subject to hydrolysis) is 1. The molecular formula is C22H26N4O5S. The van der Waals surface area contributed by atoms with Crippen LogP contribution in [0, 0.1) is 0 Å². The molecule has 2 aromatic rings. The molecule has 0 aromatic heterocycles. The van der Waals surface area contributed by atoms with E-state index >= 15 is 0 Å². The van der Waals surface area contributed by atoms with Gasteiger partial charge in [0.15, 0.2) is 0 Å². The van der Waals surface area contributed by atoms with E-state index < -0.39 is 33.5 Å². The Hall–Kier alpha value is -3.07. The predicted molar refractivity (Wildman–Crippen MR) is 121 cm³/mol. The minimum Gasteiger partial charge on any atom is -0.449 e. The number of amides is 1. The van der Waals surface area contributed by atoms with Crippen LogP contribution in [0.25, 0.3) is 21.6 Å². The summed E-state index contributed by atoms with van der Waals surface area (Å²) in [6.45, 7) is 5.42. The first-order valence-corrected chi connectivity index (χ1v) is 11.7. The first-order chi connectivity index (χ1) is 15.1. The highest BCUT2D eigenvalue weighted by molar-refractivity contribution is 7.90. The fourth-order valence-corrected chi connectivity index (χ4v) is 4.50. The molecule has 1 aliphatic rings. The van der Waals surface area contributed by atoms with Crippen molar-refractivity contribution in [2.45, 2.75) is 38.3 Å². The lowest BCUT2D eigenvalue weighted by molar-refractivity contribution is -0.0120. The second-order valence-electron chi connectivity index (χ2n) is 8.51. The summed E-state index contributed by atoms with van der Waals surface area (Å²) in [4.78, 5) is 14.8. The van der Waals surface area contributed by atoms with Crippen molar-refractivity contribution in [3.8, 4) is 11.1 Å². The Morgan fingerprint density at radius 2 is 1.69 bits per heavy atom. The number of hydrogen-bond donors (Lipinski definition) is 1. The Labute approximate surface area is 187 Å². The Bertz CT molecular complexity index is 1090. The number of nitrogens with one attached hydrogen (secondary N) is 1. The minimum absolute atomic E-state index is 0.0894. The first kappa shape index (κ1) is 23.6. The molecular weight excluding hydrogens is 432 g/mol. The van der Waals surface area contributed by atoms with Crippen LogP contribution in [0.5, 0.6) is 0 Å². The smallest absolute Gasteiger partial charge is 0.407 e. The van der Waals surface area contributed by atoms with E-state index in [0.29, 0.717) is 0 Å². The monoisotopic (exact) mass is 458 g/mol. The third-order valence-corrected chi connectivity index (χ3v) is 6.10. The lowest BCUT2D eigenvalue weighted by Crippen LogP contribution is -2.44. The molecule has 10 heteroatoms. The molecule has 0 radical (unpaired) electrons. The number of nitrogens with zero attached hydrogens (tertiary/aromatic N) is 3. The van der Waals surface area contributed by atoms with Crippen LogP contribution in [0.4, 0.5) is 4.79 Å². The molecule has 9 nitrogen and oxygen atoms in total. The molecule has 0 saturated heterocycles. The van der Waals surface area contributed by atoms with Crippen molar-refractivity contribution >= 4 is 16.1 Å². The zero-order valence-corrected chi connectivity index (χ0v) is 19.0. The fraction of sp³-hybridized carbons (Fsp3) is 0.409. The zero-order chi connectivity index (χ0) is 23.4. The van der Waals surface area contributed by atoms with Gasteiger partial charge in [-0.25, -0.2) is 13.2 Å². The molecule has 3 rings (SSSR count). The maximum absolute atomic E-state index is 12.5. The van der Waals surface area contributed by atoms with Crippen LogP contribution in [0.2, 0.25) is 0 Å². The number of rotatable bonds is 8. The van der Waals surface area contributed by atoms with Gasteiger partial charge in [-0.3, -0.25) is 0 Å². The van der Waals surface area contributed by atoms with Gasteiger partial charge in [0.1, 0.15) is 6.61 Å². The van der Waals surface area contributed by atoms with E-state index in [-0.39, 0.29) is 19.1 Å². The van der Waals surface area contributed by atoms with Gasteiger partial charge in [0.25, 0.3) is 0 Å².